The molecule has 118 valence electrons. The van der Waals surface area contributed by atoms with E-state index in [1.807, 2.05) is 18.2 Å². The van der Waals surface area contributed by atoms with Gasteiger partial charge in [0.2, 0.25) is 0 Å². The number of imidazole rings is 1. The SMILES string of the molecule is CC(Cn1c(CCc2ccccc2)nc2ccccc21)C(N)=S. The van der Waals surface area contributed by atoms with Crippen LogP contribution >= 0.6 is 12.2 Å². The Labute approximate surface area is 142 Å². The van der Waals surface area contributed by atoms with Gasteiger partial charge in [0.15, 0.2) is 0 Å². The second-order valence-electron chi connectivity index (χ2n) is 5.92. The van der Waals surface area contributed by atoms with Gasteiger partial charge in [-0.15, -0.1) is 0 Å². The fraction of sp³-hybridized carbons (Fsp3) is 0.263. The first-order chi connectivity index (χ1) is 11.1. The Morgan fingerprint density at radius 3 is 2.52 bits per heavy atom. The number of aryl methyl sites for hydroxylation is 2. The monoisotopic (exact) mass is 323 g/mol. The van der Waals surface area contributed by atoms with E-state index in [0.717, 1.165) is 36.2 Å². The highest BCUT2D eigenvalue weighted by Crippen LogP contribution is 2.19. The van der Waals surface area contributed by atoms with E-state index in [1.54, 1.807) is 0 Å². The molecule has 2 N–H and O–H groups in total. The van der Waals surface area contributed by atoms with E-state index in [1.165, 1.54) is 5.56 Å². The van der Waals surface area contributed by atoms with Crippen molar-refractivity contribution in [1.29, 1.82) is 0 Å². The summed E-state index contributed by atoms with van der Waals surface area (Å²) in [5.41, 5.74) is 9.32. The number of nitrogens with zero attached hydrogens (tertiary/aromatic N) is 2. The average Bonchev–Trinajstić information content (AvgIpc) is 2.91. The maximum absolute atomic E-state index is 5.81. The highest BCUT2D eigenvalue weighted by atomic mass is 32.1. The minimum absolute atomic E-state index is 0.151. The molecule has 0 amide bonds. The van der Waals surface area contributed by atoms with Gasteiger partial charge >= 0.3 is 0 Å². The summed E-state index contributed by atoms with van der Waals surface area (Å²) in [6.45, 7) is 2.85. The molecule has 1 aromatic heterocycles. The Hall–Kier alpha value is -2.20. The Morgan fingerprint density at radius 2 is 1.78 bits per heavy atom. The van der Waals surface area contributed by atoms with Gasteiger partial charge in [0.25, 0.3) is 0 Å². The molecule has 1 unspecified atom stereocenters. The molecule has 0 aliphatic carbocycles. The molecule has 0 fully saturated rings. The summed E-state index contributed by atoms with van der Waals surface area (Å²) in [7, 11) is 0. The summed E-state index contributed by atoms with van der Waals surface area (Å²) >= 11 is 5.14. The van der Waals surface area contributed by atoms with E-state index >= 15 is 0 Å². The molecular weight excluding hydrogens is 302 g/mol. The van der Waals surface area contributed by atoms with E-state index in [9.17, 15) is 0 Å². The number of rotatable bonds is 6. The minimum Gasteiger partial charge on any atom is -0.393 e. The molecule has 0 aliphatic rings. The normalized spacial score (nSPS) is 12.4. The second-order valence-corrected chi connectivity index (χ2v) is 6.39. The first-order valence-corrected chi connectivity index (χ1v) is 8.33. The zero-order valence-electron chi connectivity index (χ0n) is 13.3. The summed E-state index contributed by atoms with van der Waals surface area (Å²) < 4.78 is 2.27. The molecule has 3 rings (SSSR count). The summed E-state index contributed by atoms with van der Waals surface area (Å²) in [5, 5.41) is 0. The van der Waals surface area contributed by atoms with Crippen LogP contribution in [0.25, 0.3) is 11.0 Å². The van der Waals surface area contributed by atoms with Crippen LogP contribution in [0.2, 0.25) is 0 Å². The molecule has 0 radical (unpaired) electrons. The van der Waals surface area contributed by atoms with Gasteiger partial charge in [-0.2, -0.15) is 0 Å². The third-order valence-electron chi connectivity index (χ3n) is 4.16. The first kappa shape index (κ1) is 15.7. The molecule has 0 saturated carbocycles. The summed E-state index contributed by atoms with van der Waals surface area (Å²) in [6.07, 6.45) is 1.88. The summed E-state index contributed by atoms with van der Waals surface area (Å²) in [6, 6.07) is 18.8. The maximum Gasteiger partial charge on any atom is 0.110 e. The Kier molecular flexibility index (Phi) is 4.72. The number of hydrogen-bond donors (Lipinski definition) is 1. The van der Waals surface area contributed by atoms with Crippen molar-refractivity contribution in [2.75, 3.05) is 0 Å². The number of thiocarbonyl (C=S) groups is 1. The van der Waals surface area contributed by atoms with Gasteiger partial charge in [0.1, 0.15) is 5.82 Å². The average molecular weight is 323 g/mol. The van der Waals surface area contributed by atoms with Crippen molar-refractivity contribution in [2.45, 2.75) is 26.3 Å². The van der Waals surface area contributed by atoms with Crippen LogP contribution in [0.15, 0.2) is 54.6 Å². The standard InChI is InChI=1S/C19H21N3S/c1-14(19(20)23)13-22-17-10-6-5-9-16(17)21-18(22)12-11-15-7-3-2-4-8-15/h2-10,14H,11-13H2,1H3,(H2,20,23). The van der Waals surface area contributed by atoms with E-state index in [-0.39, 0.29) is 5.92 Å². The first-order valence-electron chi connectivity index (χ1n) is 7.92. The van der Waals surface area contributed by atoms with Gasteiger partial charge in [-0.1, -0.05) is 61.6 Å². The number of fused-ring (bicyclic) bond motifs is 1. The molecule has 0 aliphatic heterocycles. The molecule has 4 heteroatoms. The number of hydrogen-bond acceptors (Lipinski definition) is 2. The summed E-state index contributed by atoms with van der Waals surface area (Å²) in [5.74, 6) is 1.25. The minimum atomic E-state index is 0.151. The number of benzene rings is 2. The third kappa shape index (κ3) is 3.59. The molecule has 0 bridgehead atoms. The molecule has 2 aromatic carbocycles. The van der Waals surface area contributed by atoms with Gasteiger partial charge in [-0.05, 0) is 24.1 Å². The van der Waals surface area contributed by atoms with Crippen LogP contribution in [-0.2, 0) is 19.4 Å². The van der Waals surface area contributed by atoms with E-state index in [4.69, 9.17) is 22.9 Å². The lowest BCUT2D eigenvalue weighted by Gasteiger charge is -2.14. The third-order valence-corrected chi connectivity index (χ3v) is 4.56. The smallest absolute Gasteiger partial charge is 0.110 e. The largest absolute Gasteiger partial charge is 0.393 e. The molecular formula is C19H21N3S. The van der Waals surface area contributed by atoms with Crippen LogP contribution in [0.3, 0.4) is 0 Å². The molecule has 1 atom stereocenters. The number of nitrogens with two attached hydrogens (primary N) is 1. The van der Waals surface area contributed by atoms with Crippen molar-refractivity contribution < 1.29 is 0 Å². The van der Waals surface area contributed by atoms with Gasteiger partial charge in [0.05, 0.1) is 16.0 Å². The zero-order valence-corrected chi connectivity index (χ0v) is 14.1. The van der Waals surface area contributed by atoms with Crippen LogP contribution in [0.1, 0.15) is 18.3 Å². The molecule has 3 nitrogen and oxygen atoms in total. The molecule has 0 saturated heterocycles. The number of para-hydroxylation sites is 2. The van der Waals surface area contributed by atoms with Gasteiger partial charge in [-0.3, -0.25) is 0 Å². The van der Waals surface area contributed by atoms with E-state index in [0.29, 0.717) is 4.99 Å². The highest BCUT2D eigenvalue weighted by Gasteiger charge is 2.14. The Morgan fingerprint density at radius 1 is 1.09 bits per heavy atom. The van der Waals surface area contributed by atoms with Crippen molar-refractivity contribution in [1.82, 2.24) is 9.55 Å². The Bertz CT molecular complexity index is 808. The molecule has 1 heterocycles. The van der Waals surface area contributed by atoms with Gasteiger partial charge < -0.3 is 10.3 Å². The Balaban J connectivity index is 1.90. The van der Waals surface area contributed by atoms with Gasteiger partial charge in [-0.25, -0.2) is 4.98 Å². The van der Waals surface area contributed by atoms with E-state index in [2.05, 4.69) is 47.9 Å². The molecule has 3 aromatic rings. The van der Waals surface area contributed by atoms with Crippen molar-refractivity contribution in [3.63, 3.8) is 0 Å². The van der Waals surface area contributed by atoms with Gasteiger partial charge in [0, 0.05) is 18.9 Å². The van der Waals surface area contributed by atoms with Crippen LogP contribution in [0.5, 0.6) is 0 Å². The lowest BCUT2D eigenvalue weighted by Crippen LogP contribution is -2.23. The van der Waals surface area contributed by atoms with Crippen LogP contribution in [0, 0.1) is 5.92 Å². The lowest BCUT2D eigenvalue weighted by atomic mass is 10.1. The van der Waals surface area contributed by atoms with E-state index < -0.39 is 0 Å². The van der Waals surface area contributed by atoms with Crippen molar-refractivity contribution in [3.05, 3.63) is 66.0 Å². The van der Waals surface area contributed by atoms with Crippen molar-refractivity contribution in [3.8, 4) is 0 Å². The van der Waals surface area contributed by atoms with Crippen LogP contribution in [0.4, 0.5) is 0 Å². The predicted molar refractivity (Wildman–Crippen MR) is 99.5 cm³/mol. The maximum atomic E-state index is 5.81. The topological polar surface area (TPSA) is 43.8 Å². The van der Waals surface area contributed by atoms with Crippen molar-refractivity contribution in [2.24, 2.45) is 11.7 Å². The van der Waals surface area contributed by atoms with Crippen LogP contribution in [-0.4, -0.2) is 14.5 Å². The fourth-order valence-corrected chi connectivity index (χ4v) is 2.86. The zero-order chi connectivity index (χ0) is 16.2. The highest BCUT2D eigenvalue weighted by molar-refractivity contribution is 7.80. The molecule has 0 spiro atoms. The lowest BCUT2D eigenvalue weighted by molar-refractivity contribution is 0.584. The fourth-order valence-electron chi connectivity index (χ4n) is 2.78. The predicted octanol–water partition coefficient (Wildman–Crippen LogP) is 3.74. The van der Waals surface area contributed by atoms with Crippen LogP contribution < -0.4 is 5.73 Å². The summed E-state index contributed by atoms with van der Waals surface area (Å²) in [4.78, 5) is 5.37. The quantitative estimate of drug-likeness (QED) is 0.703. The number of aromatic nitrogens is 2. The molecule has 23 heavy (non-hydrogen) atoms. The van der Waals surface area contributed by atoms with Crippen molar-refractivity contribution >= 4 is 28.2 Å². The second kappa shape index (κ2) is 6.92.